The van der Waals surface area contributed by atoms with E-state index in [0.29, 0.717) is 19.6 Å². The highest BCUT2D eigenvalue weighted by molar-refractivity contribution is 5.73. The van der Waals surface area contributed by atoms with E-state index < -0.39 is 12.1 Å². The lowest BCUT2D eigenvalue weighted by atomic mass is 9.79. The number of hydrogen-bond donors (Lipinski definition) is 1. The number of carboxylic acids is 1. The van der Waals surface area contributed by atoms with Crippen LogP contribution in [0.5, 0.6) is 5.75 Å². The van der Waals surface area contributed by atoms with Crippen LogP contribution in [0.15, 0.2) is 72.8 Å². The average molecular weight is 529 g/mol. The summed E-state index contributed by atoms with van der Waals surface area (Å²) in [5.74, 6) is -0.200. The molecule has 0 aliphatic rings. The molecule has 1 N–H and O–H groups in total. The van der Waals surface area contributed by atoms with Crippen LogP contribution >= 0.6 is 0 Å². The standard InChI is InChI=1S/C35H44O4/c1-9-38-32(33(36)37)20-25-10-16-31(17-11-25)39-19-18-24(2)26-12-14-27(15-13-26)28-21-29(34(3,4)5)23-30(22-28)35(6,7)8/h10-18,21-23,32H,9,19-20H2,1-8H3,(H,36,37)/b24-18+. The largest absolute Gasteiger partial charge is 0.490 e. The minimum atomic E-state index is -0.945. The Bertz CT molecular complexity index is 1240. The van der Waals surface area contributed by atoms with Crippen molar-refractivity contribution in [3.8, 4) is 16.9 Å². The van der Waals surface area contributed by atoms with Crippen molar-refractivity contribution in [1.29, 1.82) is 0 Å². The molecular weight excluding hydrogens is 484 g/mol. The monoisotopic (exact) mass is 528 g/mol. The third kappa shape index (κ3) is 8.56. The number of hydrogen-bond acceptors (Lipinski definition) is 3. The Morgan fingerprint density at radius 2 is 1.41 bits per heavy atom. The summed E-state index contributed by atoms with van der Waals surface area (Å²) in [6.45, 7) is 18.3. The van der Waals surface area contributed by atoms with Gasteiger partial charge in [0.1, 0.15) is 12.4 Å². The molecule has 0 saturated carbocycles. The third-order valence-corrected chi connectivity index (χ3v) is 6.97. The van der Waals surface area contributed by atoms with Gasteiger partial charge in [-0.1, -0.05) is 96.1 Å². The lowest BCUT2D eigenvalue weighted by Gasteiger charge is -2.26. The second-order valence-corrected chi connectivity index (χ2v) is 12.2. The number of allylic oxidation sites excluding steroid dienone is 1. The summed E-state index contributed by atoms with van der Waals surface area (Å²) in [5.41, 5.74) is 8.56. The number of carboxylic acid groups (broad SMARTS) is 1. The number of rotatable bonds is 10. The number of benzene rings is 3. The van der Waals surface area contributed by atoms with Crippen LogP contribution in [0.3, 0.4) is 0 Å². The molecule has 3 aromatic rings. The van der Waals surface area contributed by atoms with E-state index in [9.17, 15) is 9.90 Å². The molecule has 0 amide bonds. The van der Waals surface area contributed by atoms with Crippen LogP contribution in [0.2, 0.25) is 0 Å². The SMILES string of the molecule is CCOC(Cc1ccc(OC/C=C(\C)c2ccc(-c3cc(C(C)(C)C)cc(C(C)(C)C)c3)cc2)cc1)C(=O)O. The molecular formula is C35H44O4. The molecule has 0 spiro atoms. The van der Waals surface area contributed by atoms with E-state index in [1.807, 2.05) is 24.3 Å². The molecule has 0 aliphatic heterocycles. The molecule has 0 fully saturated rings. The zero-order valence-corrected chi connectivity index (χ0v) is 24.8. The summed E-state index contributed by atoms with van der Waals surface area (Å²) in [6.07, 6.45) is 1.58. The minimum absolute atomic E-state index is 0.0833. The molecule has 0 aliphatic carbocycles. The van der Waals surface area contributed by atoms with Crippen molar-refractivity contribution in [1.82, 2.24) is 0 Å². The van der Waals surface area contributed by atoms with Crippen molar-refractivity contribution in [2.75, 3.05) is 13.2 Å². The highest BCUT2D eigenvalue weighted by Gasteiger charge is 2.21. The fourth-order valence-electron chi connectivity index (χ4n) is 4.32. The van der Waals surface area contributed by atoms with E-state index in [1.54, 1.807) is 6.92 Å². The zero-order chi connectivity index (χ0) is 28.8. The van der Waals surface area contributed by atoms with E-state index in [1.165, 1.54) is 22.3 Å². The Balaban J connectivity index is 1.67. The van der Waals surface area contributed by atoms with Gasteiger partial charge in [-0.15, -0.1) is 0 Å². The predicted octanol–water partition coefficient (Wildman–Crippen LogP) is 8.46. The third-order valence-electron chi connectivity index (χ3n) is 6.97. The highest BCUT2D eigenvalue weighted by Crippen LogP contribution is 2.34. The first-order chi connectivity index (χ1) is 18.3. The minimum Gasteiger partial charge on any atom is -0.490 e. The summed E-state index contributed by atoms with van der Waals surface area (Å²) in [4.78, 5) is 11.3. The van der Waals surface area contributed by atoms with Crippen molar-refractivity contribution in [3.05, 3.63) is 95.1 Å². The van der Waals surface area contributed by atoms with Crippen LogP contribution in [-0.4, -0.2) is 30.4 Å². The zero-order valence-electron chi connectivity index (χ0n) is 24.8. The normalized spacial score (nSPS) is 13.3. The molecule has 4 nitrogen and oxygen atoms in total. The quantitative estimate of drug-likeness (QED) is 0.287. The summed E-state index contributed by atoms with van der Waals surface area (Å²) in [6, 6.07) is 23.3. The van der Waals surface area contributed by atoms with Gasteiger partial charge in [-0.05, 0) is 81.8 Å². The summed E-state index contributed by atoms with van der Waals surface area (Å²) >= 11 is 0. The van der Waals surface area contributed by atoms with Crippen LogP contribution in [0.4, 0.5) is 0 Å². The van der Waals surface area contributed by atoms with Gasteiger partial charge in [0.2, 0.25) is 0 Å². The fraction of sp³-hybridized carbons (Fsp3) is 0.400. The van der Waals surface area contributed by atoms with E-state index in [-0.39, 0.29) is 10.8 Å². The van der Waals surface area contributed by atoms with Crippen molar-refractivity contribution >= 4 is 11.5 Å². The van der Waals surface area contributed by atoms with Gasteiger partial charge < -0.3 is 14.6 Å². The van der Waals surface area contributed by atoms with E-state index >= 15 is 0 Å². The Hall–Kier alpha value is -3.37. The van der Waals surface area contributed by atoms with Gasteiger partial charge in [-0.2, -0.15) is 0 Å². The molecule has 4 heteroatoms. The first-order valence-electron chi connectivity index (χ1n) is 13.8. The van der Waals surface area contributed by atoms with Gasteiger partial charge in [0.15, 0.2) is 6.10 Å². The molecule has 3 rings (SSSR count). The Morgan fingerprint density at radius 1 is 0.846 bits per heavy atom. The van der Waals surface area contributed by atoms with Gasteiger partial charge in [0.05, 0.1) is 0 Å². The van der Waals surface area contributed by atoms with Gasteiger partial charge in [0.25, 0.3) is 0 Å². The second-order valence-electron chi connectivity index (χ2n) is 12.2. The predicted molar refractivity (Wildman–Crippen MR) is 162 cm³/mol. The molecule has 0 radical (unpaired) electrons. The maximum Gasteiger partial charge on any atom is 0.333 e. The molecule has 39 heavy (non-hydrogen) atoms. The molecule has 3 aromatic carbocycles. The first-order valence-corrected chi connectivity index (χ1v) is 13.8. The van der Waals surface area contributed by atoms with E-state index in [2.05, 4.69) is 97.0 Å². The Morgan fingerprint density at radius 3 is 1.90 bits per heavy atom. The lowest BCUT2D eigenvalue weighted by molar-refractivity contribution is -0.149. The van der Waals surface area contributed by atoms with Crippen LogP contribution in [0.25, 0.3) is 16.7 Å². The van der Waals surface area contributed by atoms with Gasteiger partial charge >= 0.3 is 5.97 Å². The summed E-state index contributed by atoms with van der Waals surface area (Å²) < 4.78 is 11.2. The fourth-order valence-corrected chi connectivity index (χ4v) is 4.32. The molecule has 208 valence electrons. The summed E-state index contributed by atoms with van der Waals surface area (Å²) in [5, 5.41) is 9.28. The maximum atomic E-state index is 11.3. The number of aliphatic carboxylic acids is 1. The molecule has 0 bridgehead atoms. The van der Waals surface area contributed by atoms with Crippen LogP contribution in [-0.2, 0) is 26.8 Å². The number of carbonyl (C=O) groups is 1. The Labute approximate surface area is 234 Å². The van der Waals surface area contributed by atoms with Crippen LogP contribution in [0, 0.1) is 0 Å². The van der Waals surface area contributed by atoms with Gasteiger partial charge in [-0.3, -0.25) is 0 Å². The molecule has 0 aromatic heterocycles. The second kappa shape index (κ2) is 12.7. The van der Waals surface area contributed by atoms with Gasteiger partial charge in [-0.25, -0.2) is 4.79 Å². The van der Waals surface area contributed by atoms with Crippen molar-refractivity contribution < 1.29 is 19.4 Å². The molecule has 1 unspecified atom stereocenters. The van der Waals surface area contributed by atoms with Crippen LogP contribution in [0.1, 0.15) is 77.6 Å². The molecule has 1 atom stereocenters. The van der Waals surface area contributed by atoms with Gasteiger partial charge in [0, 0.05) is 13.0 Å². The topological polar surface area (TPSA) is 55.8 Å². The maximum absolute atomic E-state index is 11.3. The van der Waals surface area contributed by atoms with Crippen molar-refractivity contribution in [2.24, 2.45) is 0 Å². The first kappa shape index (κ1) is 30.2. The Kier molecular flexibility index (Phi) is 9.79. The summed E-state index contributed by atoms with van der Waals surface area (Å²) in [7, 11) is 0. The lowest BCUT2D eigenvalue weighted by Crippen LogP contribution is -2.26. The van der Waals surface area contributed by atoms with E-state index in [0.717, 1.165) is 22.4 Å². The van der Waals surface area contributed by atoms with Crippen molar-refractivity contribution in [3.63, 3.8) is 0 Å². The average Bonchev–Trinajstić information content (AvgIpc) is 2.88. The van der Waals surface area contributed by atoms with Crippen LogP contribution < -0.4 is 4.74 Å². The number of ether oxygens (including phenoxy) is 2. The molecule has 0 saturated heterocycles. The highest BCUT2D eigenvalue weighted by atomic mass is 16.5. The van der Waals surface area contributed by atoms with E-state index in [4.69, 9.17) is 9.47 Å². The van der Waals surface area contributed by atoms with Crippen molar-refractivity contribution in [2.45, 2.75) is 78.7 Å². The smallest absolute Gasteiger partial charge is 0.333 e. The molecule has 0 heterocycles.